The minimum atomic E-state index is -1.36. The van der Waals surface area contributed by atoms with Gasteiger partial charge in [-0.25, -0.2) is 0 Å². The summed E-state index contributed by atoms with van der Waals surface area (Å²) in [6.45, 7) is 5.55. The molecule has 8 atom stereocenters. The number of carbonyl (C=O) groups is 3. The first-order valence-electron chi connectivity index (χ1n) is 10.0. The lowest BCUT2D eigenvalue weighted by Gasteiger charge is -2.61. The third-order valence-electron chi connectivity index (χ3n) is 9.08. The maximum absolute atomic E-state index is 13.0. The van der Waals surface area contributed by atoms with Gasteiger partial charge in [0, 0.05) is 24.2 Å². The molecule has 4 aliphatic carbocycles. The topological polar surface area (TPSA) is 91.7 Å². The molecule has 4 saturated carbocycles. The predicted molar refractivity (Wildman–Crippen MR) is 94.1 cm³/mol. The van der Waals surface area contributed by atoms with Crippen molar-refractivity contribution in [1.29, 1.82) is 0 Å². The maximum atomic E-state index is 13.0. The molecule has 0 aromatic carbocycles. The number of hydrogen-bond donors (Lipinski definition) is 2. The molecular formula is C21H30O5. The summed E-state index contributed by atoms with van der Waals surface area (Å²) in [6, 6.07) is 0. The number of aliphatic hydroxyl groups excluding tert-OH is 1. The van der Waals surface area contributed by atoms with Crippen molar-refractivity contribution in [2.75, 3.05) is 0 Å². The van der Waals surface area contributed by atoms with Gasteiger partial charge in [0.1, 0.15) is 17.5 Å². The van der Waals surface area contributed by atoms with Crippen LogP contribution in [0, 0.1) is 34.5 Å². The van der Waals surface area contributed by atoms with Crippen LogP contribution >= 0.6 is 0 Å². The fraction of sp³-hybridized carbons (Fsp3) is 0.857. The summed E-state index contributed by atoms with van der Waals surface area (Å²) in [5.74, 6) is -0.736. The van der Waals surface area contributed by atoms with Crippen molar-refractivity contribution in [2.24, 2.45) is 34.5 Å². The van der Waals surface area contributed by atoms with Crippen LogP contribution in [0.3, 0.4) is 0 Å². The molecule has 0 aliphatic heterocycles. The molecule has 4 aliphatic rings. The Kier molecular flexibility index (Phi) is 3.86. The Hall–Kier alpha value is -1.07. The van der Waals surface area contributed by atoms with Crippen LogP contribution in [0.15, 0.2) is 0 Å². The molecule has 0 saturated heterocycles. The van der Waals surface area contributed by atoms with E-state index in [-0.39, 0.29) is 52.9 Å². The standard InChI is InChI=1S/C21H30O5/c1-11(22)21(26)9-6-14-16-13(5-8-20(14,21)3)19(2)7-4-12(23)10-15(19)17(24)18(16)25/h13-16,18,25-26H,4-10H2,1-3H3/t13-,14-,15+,16+,18-,19+,20-,21-/m0/s1. The fourth-order valence-corrected chi connectivity index (χ4v) is 7.41. The van der Waals surface area contributed by atoms with Gasteiger partial charge >= 0.3 is 0 Å². The SMILES string of the molecule is CC(=O)[C@@]1(O)CC[C@H]2[C@@H]3[C@H](O)C(=O)[C@H]4CC(=O)CC[C@]4(C)[C@H]3CC[C@@]21C. The lowest BCUT2D eigenvalue weighted by molar-refractivity contribution is -0.191. The van der Waals surface area contributed by atoms with E-state index in [1.165, 1.54) is 6.92 Å². The van der Waals surface area contributed by atoms with Crippen LogP contribution in [0.25, 0.3) is 0 Å². The van der Waals surface area contributed by atoms with Crippen molar-refractivity contribution in [3.05, 3.63) is 0 Å². The molecule has 26 heavy (non-hydrogen) atoms. The number of aliphatic hydroxyl groups is 2. The highest BCUT2D eigenvalue weighted by Crippen LogP contribution is 2.67. The van der Waals surface area contributed by atoms with E-state index < -0.39 is 17.1 Å². The molecule has 0 radical (unpaired) electrons. The molecule has 144 valence electrons. The molecule has 0 spiro atoms. The zero-order chi connectivity index (χ0) is 19.1. The maximum Gasteiger partial charge on any atom is 0.165 e. The second-order valence-electron chi connectivity index (χ2n) is 9.85. The highest BCUT2D eigenvalue weighted by molar-refractivity contribution is 5.93. The van der Waals surface area contributed by atoms with Gasteiger partial charge in [-0.2, -0.15) is 0 Å². The van der Waals surface area contributed by atoms with E-state index >= 15 is 0 Å². The van der Waals surface area contributed by atoms with Crippen molar-refractivity contribution < 1.29 is 24.6 Å². The van der Waals surface area contributed by atoms with Crippen LogP contribution < -0.4 is 0 Å². The molecule has 0 unspecified atom stereocenters. The Morgan fingerprint density at radius 3 is 2.38 bits per heavy atom. The van der Waals surface area contributed by atoms with Gasteiger partial charge in [0.15, 0.2) is 11.6 Å². The van der Waals surface area contributed by atoms with Crippen LogP contribution in [-0.4, -0.2) is 39.3 Å². The van der Waals surface area contributed by atoms with E-state index in [1.54, 1.807) is 0 Å². The molecule has 0 bridgehead atoms. The van der Waals surface area contributed by atoms with Crippen molar-refractivity contribution in [3.63, 3.8) is 0 Å². The van der Waals surface area contributed by atoms with Gasteiger partial charge in [0.2, 0.25) is 0 Å². The molecule has 0 aromatic rings. The molecule has 5 nitrogen and oxygen atoms in total. The van der Waals surface area contributed by atoms with E-state index in [4.69, 9.17) is 0 Å². The van der Waals surface area contributed by atoms with Crippen molar-refractivity contribution in [3.8, 4) is 0 Å². The highest BCUT2D eigenvalue weighted by atomic mass is 16.3. The first kappa shape index (κ1) is 18.3. The number of rotatable bonds is 1. The van der Waals surface area contributed by atoms with Gasteiger partial charge in [-0.15, -0.1) is 0 Å². The van der Waals surface area contributed by atoms with Crippen molar-refractivity contribution in [1.82, 2.24) is 0 Å². The van der Waals surface area contributed by atoms with Crippen LogP contribution in [0.4, 0.5) is 0 Å². The summed E-state index contributed by atoms with van der Waals surface area (Å²) in [4.78, 5) is 37.2. The Labute approximate surface area is 154 Å². The third kappa shape index (κ3) is 2.02. The van der Waals surface area contributed by atoms with Crippen LogP contribution in [-0.2, 0) is 14.4 Å². The molecular weight excluding hydrogens is 332 g/mol. The lowest BCUT2D eigenvalue weighted by atomic mass is 9.43. The molecule has 4 fully saturated rings. The minimum Gasteiger partial charge on any atom is -0.385 e. The van der Waals surface area contributed by atoms with Crippen molar-refractivity contribution >= 4 is 17.3 Å². The summed E-state index contributed by atoms with van der Waals surface area (Å²) < 4.78 is 0. The predicted octanol–water partition coefficient (Wildman–Crippen LogP) is 2.07. The molecule has 5 heteroatoms. The molecule has 0 aromatic heterocycles. The average molecular weight is 362 g/mol. The normalized spacial score (nSPS) is 53.7. The van der Waals surface area contributed by atoms with Gasteiger partial charge in [-0.1, -0.05) is 13.8 Å². The van der Waals surface area contributed by atoms with E-state index in [2.05, 4.69) is 6.92 Å². The summed E-state index contributed by atoms with van der Waals surface area (Å²) in [5.41, 5.74) is -2.20. The Bertz CT molecular complexity index is 686. The molecule has 0 amide bonds. The first-order valence-corrected chi connectivity index (χ1v) is 10.0. The van der Waals surface area contributed by atoms with E-state index in [0.717, 1.165) is 12.8 Å². The summed E-state index contributed by atoms with van der Waals surface area (Å²) >= 11 is 0. The van der Waals surface area contributed by atoms with E-state index in [0.29, 0.717) is 25.7 Å². The van der Waals surface area contributed by atoms with Crippen LogP contribution in [0.1, 0.15) is 65.7 Å². The fourth-order valence-electron chi connectivity index (χ4n) is 7.41. The Balaban J connectivity index is 1.76. The van der Waals surface area contributed by atoms with Gasteiger partial charge in [0.05, 0.1) is 0 Å². The van der Waals surface area contributed by atoms with Gasteiger partial charge in [0.25, 0.3) is 0 Å². The number of hydrogen-bond acceptors (Lipinski definition) is 5. The van der Waals surface area contributed by atoms with Gasteiger partial charge in [-0.05, 0) is 62.2 Å². The highest BCUT2D eigenvalue weighted by Gasteiger charge is 2.69. The van der Waals surface area contributed by atoms with Gasteiger partial charge in [-0.3, -0.25) is 14.4 Å². The molecule has 0 heterocycles. The number of carbonyl (C=O) groups excluding carboxylic acids is 3. The quantitative estimate of drug-likeness (QED) is 0.745. The monoisotopic (exact) mass is 362 g/mol. The third-order valence-corrected chi connectivity index (χ3v) is 9.08. The summed E-state index contributed by atoms with van der Waals surface area (Å²) in [7, 11) is 0. The van der Waals surface area contributed by atoms with Crippen LogP contribution in [0.5, 0.6) is 0 Å². The first-order chi connectivity index (χ1) is 12.1. The Morgan fingerprint density at radius 1 is 1.08 bits per heavy atom. The molecule has 2 N–H and O–H groups in total. The van der Waals surface area contributed by atoms with Gasteiger partial charge < -0.3 is 10.2 Å². The largest absolute Gasteiger partial charge is 0.385 e. The lowest BCUT2D eigenvalue weighted by Crippen LogP contribution is -2.64. The van der Waals surface area contributed by atoms with Crippen molar-refractivity contribution in [2.45, 2.75) is 77.4 Å². The number of ketones is 3. The summed E-state index contributed by atoms with van der Waals surface area (Å²) in [5, 5.41) is 22.1. The second-order valence-corrected chi connectivity index (χ2v) is 9.85. The number of Topliss-reactive ketones (excluding diaryl/α,β-unsaturated/α-hetero) is 3. The summed E-state index contributed by atoms with van der Waals surface area (Å²) in [6.07, 6.45) is 2.99. The Morgan fingerprint density at radius 2 is 1.73 bits per heavy atom. The van der Waals surface area contributed by atoms with Crippen LogP contribution in [0.2, 0.25) is 0 Å². The van der Waals surface area contributed by atoms with E-state index in [9.17, 15) is 24.6 Å². The van der Waals surface area contributed by atoms with E-state index in [1.807, 2.05) is 6.92 Å². The second kappa shape index (κ2) is 5.48. The zero-order valence-corrected chi connectivity index (χ0v) is 16.0. The smallest absolute Gasteiger partial charge is 0.165 e. The molecule has 4 rings (SSSR count). The zero-order valence-electron chi connectivity index (χ0n) is 16.0. The average Bonchev–Trinajstić information content (AvgIpc) is 2.87. The minimum absolute atomic E-state index is 0.0375. The number of fused-ring (bicyclic) bond motifs is 5.